The van der Waals surface area contributed by atoms with Gasteiger partial charge in [-0.15, -0.1) is 11.3 Å². The summed E-state index contributed by atoms with van der Waals surface area (Å²) in [6.45, 7) is 2.44. The first-order chi connectivity index (χ1) is 10.7. The summed E-state index contributed by atoms with van der Waals surface area (Å²) >= 11 is 1.59. The molecule has 1 atom stereocenters. The van der Waals surface area contributed by atoms with Crippen molar-refractivity contribution in [1.82, 2.24) is 4.90 Å². The molecule has 2 aromatic rings. The van der Waals surface area contributed by atoms with Crippen LogP contribution in [0.25, 0.3) is 0 Å². The van der Waals surface area contributed by atoms with Gasteiger partial charge in [0.1, 0.15) is 23.8 Å². The number of β-amino-alcohol motifs (C(OH)–C–C–N with tert-alkyl or cyclic N) is 1. The van der Waals surface area contributed by atoms with Crippen molar-refractivity contribution >= 4 is 11.3 Å². The third-order valence-electron chi connectivity index (χ3n) is 3.94. The second-order valence-corrected chi connectivity index (χ2v) is 6.59. The molecule has 5 heteroatoms. The molecule has 0 radical (unpaired) electrons. The monoisotopic (exact) mass is 321 g/mol. The smallest absolute Gasteiger partial charge is 0.126 e. The maximum Gasteiger partial charge on any atom is 0.126 e. The molecule has 1 aliphatic rings. The van der Waals surface area contributed by atoms with Gasteiger partial charge in [-0.2, -0.15) is 0 Å². The van der Waals surface area contributed by atoms with Gasteiger partial charge in [-0.1, -0.05) is 12.1 Å². The van der Waals surface area contributed by atoms with Crippen molar-refractivity contribution in [2.45, 2.75) is 25.0 Å². The Morgan fingerprint density at radius 3 is 2.77 bits per heavy atom. The van der Waals surface area contributed by atoms with Crippen LogP contribution in [0.1, 0.15) is 23.8 Å². The number of piperidine rings is 1. The van der Waals surface area contributed by atoms with Gasteiger partial charge in [0.05, 0.1) is 0 Å². The SMILES string of the molecule is O[C@@H](CN1CCC(Oc2cccc(F)c2)CC1)c1cccs1. The lowest BCUT2D eigenvalue weighted by molar-refractivity contribution is 0.0621. The van der Waals surface area contributed by atoms with E-state index in [2.05, 4.69) is 4.90 Å². The predicted octanol–water partition coefficient (Wildman–Crippen LogP) is 3.46. The largest absolute Gasteiger partial charge is 0.490 e. The highest BCUT2D eigenvalue weighted by molar-refractivity contribution is 7.10. The lowest BCUT2D eigenvalue weighted by Gasteiger charge is -2.33. The zero-order chi connectivity index (χ0) is 15.4. The molecule has 1 aliphatic heterocycles. The summed E-state index contributed by atoms with van der Waals surface area (Å²) in [5.41, 5.74) is 0. The Morgan fingerprint density at radius 1 is 1.27 bits per heavy atom. The standard InChI is InChI=1S/C17H20FNO2S/c18-13-3-1-4-15(11-13)21-14-6-8-19(9-7-14)12-16(20)17-5-2-10-22-17/h1-5,10-11,14,16,20H,6-9,12H2/t16-/m0/s1. The number of aliphatic hydroxyl groups excluding tert-OH is 1. The maximum absolute atomic E-state index is 13.1. The highest BCUT2D eigenvalue weighted by atomic mass is 32.1. The zero-order valence-electron chi connectivity index (χ0n) is 12.3. The van der Waals surface area contributed by atoms with E-state index in [1.807, 2.05) is 17.5 Å². The summed E-state index contributed by atoms with van der Waals surface area (Å²) in [4.78, 5) is 3.27. The molecule has 118 valence electrons. The fraction of sp³-hybridized carbons (Fsp3) is 0.412. The highest BCUT2D eigenvalue weighted by Gasteiger charge is 2.23. The van der Waals surface area contributed by atoms with Crippen molar-refractivity contribution in [2.24, 2.45) is 0 Å². The second kappa shape index (κ2) is 7.22. The molecule has 0 amide bonds. The van der Waals surface area contributed by atoms with Crippen LogP contribution >= 0.6 is 11.3 Å². The van der Waals surface area contributed by atoms with Crippen LogP contribution in [0, 0.1) is 5.82 Å². The lowest BCUT2D eigenvalue weighted by Crippen LogP contribution is -2.40. The van der Waals surface area contributed by atoms with Gasteiger partial charge in [0.15, 0.2) is 0 Å². The minimum atomic E-state index is -0.416. The summed E-state index contributed by atoms with van der Waals surface area (Å²) in [6, 6.07) is 10.2. The summed E-state index contributed by atoms with van der Waals surface area (Å²) in [5.74, 6) is 0.325. The van der Waals surface area contributed by atoms with E-state index >= 15 is 0 Å². The molecule has 2 heterocycles. The number of likely N-dealkylation sites (tertiary alicyclic amines) is 1. The number of halogens is 1. The van der Waals surface area contributed by atoms with Crippen molar-refractivity contribution < 1.29 is 14.2 Å². The summed E-state index contributed by atoms with van der Waals surface area (Å²) in [7, 11) is 0. The third kappa shape index (κ3) is 4.06. The molecule has 3 rings (SSSR count). The molecule has 1 aromatic heterocycles. The third-order valence-corrected chi connectivity index (χ3v) is 4.91. The average molecular weight is 321 g/mol. The van der Waals surface area contributed by atoms with Gasteiger partial charge >= 0.3 is 0 Å². The zero-order valence-corrected chi connectivity index (χ0v) is 13.1. The Kier molecular flexibility index (Phi) is 5.08. The second-order valence-electron chi connectivity index (χ2n) is 5.61. The topological polar surface area (TPSA) is 32.7 Å². The van der Waals surface area contributed by atoms with E-state index in [-0.39, 0.29) is 11.9 Å². The lowest BCUT2D eigenvalue weighted by atomic mass is 10.1. The van der Waals surface area contributed by atoms with Crippen molar-refractivity contribution in [3.63, 3.8) is 0 Å². The molecular formula is C17H20FNO2S. The van der Waals surface area contributed by atoms with Crippen LogP contribution in [0.5, 0.6) is 5.75 Å². The van der Waals surface area contributed by atoms with Crippen LogP contribution in [0.3, 0.4) is 0 Å². The summed E-state index contributed by atoms with van der Waals surface area (Å²) in [5, 5.41) is 12.2. The van der Waals surface area contributed by atoms with Crippen molar-refractivity contribution in [1.29, 1.82) is 0 Å². The van der Waals surface area contributed by atoms with Crippen molar-refractivity contribution in [3.05, 3.63) is 52.5 Å². The molecule has 3 nitrogen and oxygen atoms in total. The minimum Gasteiger partial charge on any atom is -0.490 e. The van der Waals surface area contributed by atoms with E-state index in [4.69, 9.17) is 4.74 Å². The molecule has 0 saturated carbocycles. The van der Waals surface area contributed by atoms with Crippen LogP contribution in [0.2, 0.25) is 0 Å². The van der Waals surface area contributed by atoms with Gasteiger partial charge in [-0.25, -0.2) is 4.39 Å². The Hall–Kier alpha value is -1.43. The van der Waals surface area contributed by atoms with Gasteiger partial charge in [-0.3, -0.25) is 0 Å². The first-order valence-electron chi connectivity index (χ1n) is 7.57. The van der Waals surface area contributed by atoms with Crippen LogP contribution in [0.15, 0.2) is 41.8 Å². The van der Waals surface area contributed by atoms with E-state index in [0.29, 0.717) is 12.3 Å². The predicted molar refractivity (Wildman–Crippen MR) is 85.8 cm³/mol. The Morgan fingerprint density at radius 2 is 2.09 bits per heavy atom. The molecular weight excluding hydrogens is 301 g/mol. The van der Waals surface area contributed by atoms with Crippen LogP contribution < -0.4 is 4.74 Å². The molecule has 0 spiro atoms. The Bertz CT molecular complexity index is 582. The molecule has 1 fully saturated rings. The number of ether oxygens (including phenoxy) is 1. The maximum atomic E-state index is 13.1. The molecule has 1 saturated heterocycles. The number of rotatable bonds is 5. The first-order valence-corrected chi connectivity index (χ1v) is 8.45. The van der Waals surface area contributed by atoms with Gasteiger partial charge < -0.3 is 14.7 Å². The van der Waals surface area contributed by atoms with Crippen molar-refractivity contribution in [3.8, 4) is 5.75 Å². The van der Waals surface area contributed by atoms with E-state index < -0.39 is 6.10 Å². The van der Waals surface area contributed by atoms with E-state index in [0.717, 1.165) is 30.8 Å². The quantitative estimate of drug-likeness (QED) is 0.915. The molecule has 0 bridgehead atoms. The van der Waals surface area contributed by atoms with E-state index in [1.165, 1.54) is 12.1 Å². The number of hydrogen-bond donors (Lipinski definition) is 1. The van der Waals surface area contributed by atoms with Gasteiger partial charge in [0, 0.05) is 30.6 Å². The minimum absolute atomic E-state index is 0.122. The molecule has 0 aliphatic carbocycles. The van der Waals surface area contributed by atoms with Crippen molar-refractivity contribution in [2.75, 3.05) is 19.6 Å². The van der Waals surface area contributed by atoms with Crippen LogP contribution in [0.4, 0.5) is 4.39 Å². The first kappa shape index (κ1) is 15.5. The summed E-state index contributed by atoms with van der Waals surface area (Å²) < 4.78 is 19.0. The summed E-state index contributed by atoms with van der Waals surface area (Å²) in [6.07, 6.45) is 1.50. The van der Waals surface area contributed by atoms with Crippen LogP contribution in [-0.4, -0.2) is 35.7 Å². The van der Waals surface area contributed by atoms with E-state index in [9.17, 15) is 9.50 Å². The molecule has 0 unspecified atom stereocenters. The average Bonchev–Trinajstić information content (AvgIpc) is 3.04. The Balaban J connectivity index is 1.46. The Labute approximate surface area is 134 Å². The number of benzene rings is 1. The normalized spacial score (nSPS) is 18.3. The van der Waals surface area contributed by atoms with Gasteiger partial charge in [-0.05, 0) is 36.4 Å². The van der Waals surface area contributed by atoms with Crippen LogP contribution in [-0.2, 0) is 0 Å². The highest BCUT2D eigenvalue weighted by Crippen LogP contribution is 2.23. The number of nitrogens with zero attached hydrogens (tertiary/aromatic N) is 1. The van der Waals surface area contributed by atoms with Gasteiger partial charge in [0.2, 0.25) is 0 Å². The number of thiophene rings is 1. The van der Waals surface area contributed by atoms with Gasteiger partial charge in [0.25, 0.3) is 0 Å². The number of aliphatic hydroxyl groups is 1. The number of hydrogen-bond acceptors (Lipinski definition) is 4. The fourth-order valence-electron chi connectivity index (χ4n) is 2.76. The fourth-order valence-corrected chi connectivity index (χ4v) is 3.46. The molecule has 1 aromatic carbocycles. The van der Waals surface area contributed by atoms with E-state index in [1.54, 1.807) is 23.5 Å². The molecule has 1 N–H and O–H groups in total. The molecule has 22 heavy (non-hydrogen) atoms.